The van der Waals surface area contributed by atoms with Gasteiger partial charge in [0.05, 0.1) is 22.5 Å². The standard InChI is InChI=1S/C31H37F3N4O3S/c1-30(2,3)35-20-21-12-13-25-22(17-21)7-4-10-26(25)36-29(39)19-28-27-11-6-14-37(27)15-16-38(28)42(40,41)24-9-5-8-23(18-24)31(32,33)34/h5-6,8-9,11-14,17-18,26,28,35H,4,7,10,15-16,19-20H2,1-3H3,(H,36,39). The largest absolute Gasteiger partial charge is 0.416 e. The summed E-state index contributed by atoms with van der Waals surface area (Å²) in [4.78, 5) is 13.1. The lowest BCUT2D eigenvalue weighted by molar-refractivity contribution is -0.137. The Morgan fingerprint density at radius 2 is 1.81 bits per heavy atom. The molecule has 2 unspecified atom stereocenters. The number of benzene rings is 2. The predicted molar refractivity (Wildman–Crippen MR) is 154 cm³/mol. The quantitative estimate of drug-likeness (QED) is 0.362. The van der Waals surface area contributed by atoms with Crippen molar-refractivity contribution in [3.8, 4) is 0 Å². The number of hydrogen-bond donors (Lipinski definition) is 2. The molecule has 0 saturated carbocycles. The van der Waals surface area contributed by atoms with Crippen LogP contribution in [-0.4, -0.2) is 35.3 Å². The van der Waals surface area contributed by atoms with Crippen molar-refractivity contribution in [2.45, 2.75) is 88.2 Å². The van der Waals surface area contributed by atoms with E-state index in [4.69, 9.17) is 0 Å². The van der Waals surface area contributed by atoms with Gasteiger partial charge in [0.15, 0.2) is 0 Å². The van der Waals surface area contributed by atoms with Gasteiger partial charge >= 0.3 is 6.18 Å². The Labute approximate surface area is 245 Å². The molecule has 0 spiro atoms. The summed E-state index contributed by atoms with van der Waals surface area (Å²) in [5, 5.41) is 6.62. The molecular weight excluding hydrogens is 565 g/mol. The lowest BCUT2D eigenvalue weighted by atomic mass is 9.86. The molecule has 1 aliphatic carbocycles. The molecule has 42 heavy (non-hydrogen) atoms. The second-order valence-electron chi connectivity index (χ2n) is 12.1. The minimum absolute atomic E-state index is 0.00607. The molecule has 2 atom stereocenters. The Morgan fingerprint density at radius 3 is 2.55 bits per heavy atom. The van der Waals surface area contributed by atoms with Gasteiger partial charge in [-0.3, -0.25) is 4.79 Å². The van der Waals surface area contributed by atoms with E-state index in [-0.39, 0.29) is 30.5 Å². The van der Waals surface area contributed by atoms with E-state index in [1.807, 2.05) is 10.8 Å². The first-order chi connectivity index (χ1) is 19.7. The van der Waals surface area contributed by atoms with Gasteiger partial charge in [0.25, 0.3) is 0 Å². The van der Waals surface area contributed by atoms with Crippen molar-refractivity contribution < 1.29 is 26.4 Å². The van der Waals surface area contributed by atoms with Crippen LogP contribution in [0, 0.1) is 0 Å². The van der Waals surface area contributed by atoms with Crippen molar-refractivity contribution in [1.29, 1.82) is 0 Å². The van der Waals surface area contributed by atoms with Gasteiger partial charge in [-0.1, -0.05) is 24.3 Å². The number of nitrogens with one attached hydrogen (secondary N) is 2. The van der Waals surface area contributed by atoms with Crippen LogP contribution in [0.2, 0.25) is 0 Å². The number of carbonyl (C=O) groups is 1. The van der Waals surface area contributed by atoms with Crippen LogP contribution in [0.1, 0.15) is 80.1 Å². The van der Waals surface area contributed by atoms with E-state index >= 15 is 0 Å². The number of amides is 1. The van der Waals surface area contributed by atoms with E-state index in [1.165, 1.54) is 21.5 Å². The van der Waals surface area contributed by atoms with Gasteiger partial charge in [-0.15, -0.1) is 0 Å². The molecule has 2 aromatic carbocycles. The minimum Gasteiger partial charge on any atom is -0.349 e. The van der Waals surface area contributed by atoms with Crippen molar-refractivity contribution in [3.63, 3.8) is 0 Å². The van der Waals surface area contributed by atoms with E-state index in [2.05, 4.69) is 49.6 Å². The van der Waals surface area contributed by atoms with Gasteiger partial charge in [-0.2, -0.15) is 17.5 Å². The zero-order chi connectivity index (χ0) is 30.3. The maximum Gasteiger partial charge on any atom is 0.416 e. The fraction of sp³-hybridized carbons (Fsp3) is 0.452. The molecule has 1 amide bonds. The molecule has 7 nitrogen and oxygen atoms in total. The van der Waals surface area contributed by atoms with Crippen molar-refractivity contribution in [2.24, 2.45) is 0 Å². The molecule has 226 valence electrons. The van der Waals surface area contributed by atoms with E-state index in [0.29, 0.717) is 18.3 Å². The van der Waals surface area contributed by atoms with Crippen LogP contribution in [0.25, 0.3) is 0 Å². The SMILES string of the molecule is CC(C)(C)NCc1ccc2c(c1)CCCC2NC(=O)CC1c2cccn2CCN1S(=O)(=O)c1cccc(C(F)(F)F)c1. The molecule has 5 rings (SSSR count). The highest BCUT2D eigenvalue weighted by Crippen LogP contribution is 2.37. The highest BCUT2D eigenvalue weighted by atomic mass is 32.2. The molecular formula is C31H37F3N4O3S. The molecule has 1 aromatic heterocycles. The summed E-state index contributed by atoms with van der Waals surface area (Å²) in [5.74, 6) is -0.310. The molecule has 2 N–H and O–H groups in total. The molecule has 1 aliphatic heterocycles. The molecule has 2 heterocycles. The number of sulfonamides is 1. The summed E-state index contributed by atoms with van der Waals surface area (Å²) >= 11 is 0. The Bertz CT molecular complexity index is 1560. The minimum atomic E-state index is -4.68. The fourth-order valence-electron chi connectivity index (χ4n) is 5.83. The van der Waals surface area contributed by atoms with Crippen LogP contribution in [-0.2, 0) is 40.5 Å². The lowest BCUT2D eigenvalue weighted by Crippen LogP contribution is -2.44. The second kappa shape index (κ2) is 11.5. The maximum atomic E-state index is 13.7. The Morgan fingerprint density at radius 1 is 1.02 bits per heavy atom. The van der Waals surface area contributed by atoms with Crippen molar-refractivity contribution in [3.05, 3.63) is 88.7 Å². The summed E-state index contributed by atoms with van der Waals surface area (Å²) in [6.07, 6.45) is -0.409. The zero-order valence-electron chi connectivity index (χ0n) is 24.0. The van der Waals surface area contributed by atoms with Crippen LogP contribution < -0.4 is 10.6 Å². The average molecular weight is 603 g/mol. The lowest BCUT2D eigenvalue weighted by Gasteiger charge is -2.36. The number of nitrogens with zero attached hydrogens (tertiary/aromatic N) is 2. The molecule has 0 saturated heterocycles. The van der Waals surface area contributed by atoms with Crippen LogP contribution in [0.15, 0.2) is 65.7 Å². The number of carbonyl (C=O) groups excluding carboxylic acids is 1. The van der Waals surface area contributed by atoms with Crippen LogP contribution in [0.3, 0.4) is 0 Å². The average Bonchev–Trinajstić information content (AvgIpc) is 3.41. The van der Waals surface area contributed by atoms with Gasteiger partial charge in [0.1, 0.15) is 0 Å². The molecule has 0 fully saturated rings. The van der Waals surface area contributed by atoms with Gasteiger partial charge < -0.3 is 15.2 Å². The molecule has 0 bridgehead atoms. The van der Waals surface area contributed by atoms with E-state index in [1.54, 1.807) is 12.1 Å². The van der Waals surface area contributed by atoms with E-state index in [0.717, 1.165) is 43.5 Å². The van der Waals surface area contributed by atoms with E-state index in [9.17, 15) is 26.4 Å². The number of rotatable bonds is 7. The predicted octanol–water partition coefficient (Wildman–Crippen LogP) is 5.72. The first kappa shape index (κ1) is 30.3. The molecule has 2 aliphatic rings. The number of halogens is 3. The monoisotopic (exact) mass is 602 g/mol. The third kappa shape index (κ3) is 6.58. The Hall–Kier alpha value is -3.15. The summed E-state index contributed by atoms with van der Waals surface area (Å²) < 4.78 is 70.6. The summed E-state index contributed by atoms with van der Waals surface area (Å²) in [7, 11) is -4.33. The van der Waals surface area contributed by atoms with Gasteiger partial charge in [-0.25, -0.2) is 8.42 Å². The second-order valence-corrected chi connectivity index (χ2v) is 14.0. The topological polar surface area (TPSA) is 83.4 Å². The highest BCUT2D eigenvalue weighted by Gasteiger charge is 2.39. The number of aromatic nitrogens is 1. The van der Waals surface area contributed by atoms with Crippen molar-refractivity contribution >= 4 is 15.9 Å². The number of aryl methyl sites for hydroxylation is 1. The third-order valence-electron chi connectivity index (χ3n) is 7.94. The zero-order valence-corrected chi connectivity index (χ0v) is 24.9. The fourth-order valence-corrected chi connectivity index (χ4v) is 7.47. The molecule has 3 aromatic rings. The Kier molecular flexibility index (Phi) is 8.30. The van der Waals surface area contributed by atoms with Gasteiger partial charge in [-0.05, 0) is 87.1 Å². The van der Waals surface area contributed by atoms with Crippen LogP contribution in [0.4, 0.5) is 13.2 Å². The first-order valence-electron chi connectivity index (χ1n) is 14.2. The smallest absolute Gasteiger partial charge is 0.349 e. The number of alkyl halides is 3. The van der Waals surface area contributed by atoms with Crippen molar-refractivity contribution in [1.82, 2.24) is 19.5 Å². The van der Waals surface area contributed by atoms with Gasteiger partial charge in [0, 0.05) is 43.5 Å². The van der Waals surface area contributed by atoms with Crippen LogP contribution >= 0.6 is 0 Å². The first-order valence-corrected chi connectivity index (χ1v) is 15.7. The third-order valence-corrected chi connectivity index (χ3v) is 9.85. The highest BCUT2D eigenvalue weighted by molar-refractivity contribution is 7.89. The normalized spacial score (nSPS) is 19.7. The maximum absolute atomic E-state index is 13.7. The van der Waals surface area contributed by atoms with Crippen molar-refractivity contribution in [2.75, 3.05) is 6.54 Å². The summed E-state index contributed by atoms with van der Waals surface area (Å²) in [5.41, 5.74) is 3.02. The van der Waals surface area contributed by atoms with Crippen LogP contribution in [0.5, 0.6) is 0 Å². The molecule has 11 heteroatoms. The number of hydrogen-bond acceptors (Lipinski definition) is 4. The summed E-state index contributed by atoms with van der Waals surface area (Å²) in [6.45, 7) is 7.47. The Balaban J connectivity index is 1.36. The molecule has 0 radical (unpaired) electrons. The van der Waals surface area contributed by atoms with Gasteiger partial charge in [0.2, 0.25) is 15.9 Å². The number of fused-ring (bicyclic) bond motifs is 2. The van der Waals surface area contributed by atoms with E-state index < -0.39 is 32.7 Å². The summed E-state index contributed by atoms with van der Waals surface area (Å²) in [6, 6.07) is 12.6.